The summed E-state index contributed by atoms with van der Waals surface area (Å²) in [6, 6.07) is 0.0295. The second-order valence-electron chi connectivity index (χ2n) is 4.22. The van der Waals surface area contributed by atoms with Gasteiger partial charge in [0, 0.05) is 18.0 Å². The lowest BCUT2D eigenvalue weighted by Crippen LogP contribution is -2.28. The maximum Gasteiger partial charge on any atom is 0.220 e. The van der Waals surface area contributed by atoms with Crippen molar-refractivity contribution in [3.05, 3.63) is 16.6 Å². The number of amides is 1. The van der Waals surface area contributed by atoms with E-state index in [0.29, 0.717) is 12.3 Å². The SMILES string of the molecule is CC(NC(=O)CC1CCNC1)c1nccs1. The fraction of sp³-hybridized carbons (Fsp3) is 0.636. The van der Waals surface area contributed by atoms with Crippen LogP contribution in [-0.4, -0.2) is 24.0 Å². The van der Waals surface area contributed by atoms with E-state index in [4.69, 9.17) is 0 Å². The maximum absolute atomic E-state index is 11.7. The Hall–Kier alpha value is -0.940. The number of thiazole rings is 1. The van der Waals surface area contributed by atoms with Crippen LogP contribution < -0.4 is 10.6 Å². The average molecular weight is 239 g/mol. The summed E-state index contributed by atoms with van der Waals surface area (Å²) in [6.07, 6.45) is 3.51. The summed E-state index contributed by atoms with van der Waals surface area (Å²) in [4.78, 5) is 15.9. The van der Waals surface area contributed by atoms with Crippen LogP contribution in [0, 0.1) is 5.92 Å². The van der Waals surface area contributed by atoms with Crippen molar-refractivity contribution in [1.29, 1.82) is 0 Å². The van der Waals surface area contributed by atoms with Gasteiger partial charge in [-0.05, 0) is 32.4 Å². The highest BCUT2D eigenvalue weighted by atomic mass is 32.1. The molecular formula is C11H17N3OS. The third-order valence-corrected chi connectivity index (χ3v) is 3.79. The van der Waals surface area contributed by atoms with Crippen molar-refractivity contribution in [1.82, 2.24) is 15.6 Å². The fourth-order valence-corrected chi connectivity index (χ4v) is 2.61. The van der Waals surface area contributed by atoms with Crippen molar-refractivity contribution >= 4 is 17.2 Å². The molecule has 0 saturated carbocycles. The molecule has 1 aliphatic rings. The van der Waals surface area contributed by atoms with E-state index in [1.165, 1.54) is 0 Å². The lowest BCUT2D eigenvalue weighted by molar-refractivity contribution is -0.122. The first-order valence-electron chi connectivity index (χ1n) is 5.65. The molecule has 1 aliphatic heterocycles. The number of hydrogen-bond donors (Lipinski definition) is 2. The van der Waals surface area contributed by atoms with Crippen LogP contribution >= 0.6 is 11.3 Å². The zero-order valence-corrected chi connectivity index (χ0v) is 10.2. The molecule has 2 rings (SSSR count). The first-order chi connectivity index (χ1) is 7.75. The molecule has 0 bridgehead atoms. The molecule has 1 aromatic heterocycles. The second-order valence-corrected chi connectivity index (χ2v) is 5.15. The summed E-state index contributed by atoms with van der Waals surface area (Å²) in [5.41, 5.74) is 0. The normalized spacial score (nSPS) is 21.9. The standard InChI is InChI=1S/C11H17N3OS/c1-8(11-13-4-5-16-11)14-10(15)6-9-2-3-12-7-9/h4-5,8-9,12H,2-3,6-7H2,1H3,(H,14,15). The number of carbonyl (C=O) groups excluding carboxylic acids is 1. The summed E-state index contributed by atoms with van der Waals surface area (Å²) in [5, 5.41) is 9.16. The molecule has 0 radical (unpaired) electrons. The predicted octanol–water partition coefficient (Wildman–Crippen LogP) is 1.32. The summed E-state index contributed by atoms with van der Waals surface area (Å²) in [7, 11) is 0. The third-order valence-electron chi connectivity index (χ3n) is 2.84. The van der Waals surface area contributed by atoms with Gasteiger partial charge in [0.25, 0.3) is 0 Å². The van der Waals surface area contributed by atoms with Gasteiger partial charge in [-0.25, -0.2) is 4.98 Å². The molecule has 5 heteroatoms. The van der Waals surface area contributed by atoms with Crippen molar-refractivity contribution < 1.29 is 4.79 Å². The van der Waals surface area contributed by atoms with Crippen LogP contribution in [0.1, 0.15) is 30.8 Å². The van der Waals surface area contributed by atoms with Crippen LogP contribution in [-0.2, 0) is 4.79 Å². The zero-order valence-electron chi connectivity index (χ0n) is 9.40. The van der Waals surface area contributed by atoms with E-state index in [-0.39, 0.29) is 11.9 Å². The van der Waals surface area contributed by atoms with Gasteiger partial charge in [0.05, 0.1) is 6.04 Å². The highest BCUT2D eigenvalue weighted by Crippen LogP contribution is 2.16. The summed E-state index contributed by atoms with van der Waals surface area (Å²) < 4.78 is 0. The lowest BCUT2D eigenvalue weighted by atomic mass is 10.0. The molecule has 2 heterocycles. The Morgan fingerprint density at radius 3 is 3.31 bits per heavy atom. The van der Waals surface area contributed by atoms with Crippen LogP contribution in [0.3, 0.4) is 0 Å². The topological polar surface area (TPSA) is 54.0 Å². The minimum Gasteiger partial charge on any atom is -0.347 e. The molecule has 1 aromatic rings. The van der Waals surface area contributed by atoms with Crippen LogP contribution in [0.4, 0.5) is 0 Å². The highest BCUT2D eigenvalue weighted by Gasteiger charge is 2.19. The van der Waals surface area contributed by atoms with Gasteiger partial charge in [-0.2, -0.15) is 0 Å². The van der Waals surface area contributed by atoms with Gasteiger partial charge in [-0.3, -0.25) is 4.79 Å². The molecular weight excluding hydrogens is 222 g/mol. The Balaban J connectivity index is 1.78. The minimum atomic E-state index is 0.0295. The van der Waals surface area contributed by atoms with Gasteiger partial charge in [0.15, 0.2) is 0 Å². The van der Waals surface area contributed by atoms with Gasteiger partial charge in [0.2, 0.25) is 5.91 Å². The van der Waals surface area contributed by atoms with Crippen LogP contribution in [0.25, 0.3) is 0 Å². The van der Waals surface area contributed by atoms with Crippen molar-refractivity contribution in [2.75, 3.05) is 13.1 Å². The molecule has 2 atom stereocenters. The Bertz CT molecular complexity index is 333. The van der Waals surface area contributed by atoms with E-state index < -0.39 is 0 Å². The van der Waals surface area contributed by atoms with E-state index in [1.807, 2.05) is 12.3 Å². The second kappa shape index (κ2) is 5.41. The van der Waals surface area contributed by atoms with Crippen LogP contribution in [0.2, 0.25) is 0 Å². The van der Waals surface area contributed by atoms with Gasteiger partial charge in [-0.15, -0.1) is 11.3 Å². The molecule has 0 aromatic carbocycles. The van der Waals surface area contributed by atoms with E-state index in [0.717, 1.165) is 24.5 Å². The minimum absolute atomic E-state index is 0.0295. The van der Waals surface area contributed by atoms with E-state index in [9.17, 15) is 4.79 Å². The van der Waals surface area contributed by atoms with Crippen molar-refractivity contribution in [2.24, 2.45) is 5.92 Å². The number of nitrogens with zero attached hydrogens (tertiary/aromatic N) is 1. The summed E-state index contributed by atoms with van der Waals surface area (Å²) >= 11 is 1.58. The van der Waals surface area contributed by atoms with Crippen molar-refractivity contribution in [2.45, 2.75) is 25.8 Å². The van der Waals surface area contributed by atoms with Gasteiger partial charge >= 0.3 is 0 Å². The molecule has 88 valence electrons. The molecule has 4 nitrogen and oxygen atoms in total. The predicted molar refractivity (Wildman–Crippen MR) is 64.3 cm³/mol. The average Bonchev–Trinajstić information content (AvgIpc) is 2.88. The smallest absolute Gasteiger partial charge is 0.220 e. The molecule has 2 N–H and O–H groups in total. The fourth-order valence-electron chi connectivity index (χ4n) is 1.96. The molecule has 0 aliphatic carbocycles. The van der Waals surface area contributed by atoms with Crippen LogP contribution in [0.5, 0.6) is 0 Å². The molecule has 1 fully saturated rings. The summed E-state index contributed by atoms with van der Waals surface area (Å²) in [6.45, 7) is 3.99. The number of aromatic nitrogens is 1. The number of nitrogens with one attached hydrogen (secondary N) is 2. The molecule has 0 spiro atoms. The Morgan fingerprint density at radius 2 is 2.69 bits per heavy atom. The Kier molecular flexibility index (Phi) is 3.90. The quantitative estimate of drug-likeness (QED) is 0.833. The molecule has 2 unspecified atom stereocenters. The van der Waals surface area contributed by atoms with E-state index in [2.05, 4.69) is 15.6 Å². The summed E-state index contributed by atoms with van der Waals surface area (Å²) in [5.74, 6) is 0.639. The molecule has 1 amide bonds. The molecule has 16 heavy (non-hydrogen) atoms. The van der Waals surface area contributed by atoms with Gasteiger partial charge in [-0.1, -0.05) is 0 Å². The monoisotopic (exact) mass is 239 g/mol. The van der Waals surface area contributed by atoms with E-state index in [1.54, 1.807) is 17.5 Å². The maximum atomic E-state index is 11.7. The van der Waals surface area contributed by atoms with Gasteiger partial charge < -0.3 is 10.6 Å². The first kappa shape index (κ1) is 11.5. The first-order valence-corrected chi connectivity index (χ1v) is 6.53. The van der Waals surface area contributed by atoms with E-state index >= 15 is 0 Å². The third kappa shape index (κ3) is 3.02. The van der Waals surface area contributed by atoms with Gasteiger partial charge in [0.1, 0.15) is 5.01 Å². The Labute approximate surface area is 99.5 Å². The highest BCUT2D eigenvalue weighted by molar-refractivity contribution is 7.09. The number of rotatable bonds is 4. The lowest BCUT2D eigenvalue weighted by Gasteiger charge is -2.13. The van der Waals surface area contributed by atoms with Crippen molar-refractivity contribution in [3.8, 4) is 0 Å². The zero-order chi connectivity index (χ0) is 11.4. The van der Waals surface area contributed by atoms with Crippen LogP contribution in [0.15, 0.2) is 11.6 Å². The number of hydrogen-bond acceptors (Lipinski definition) is 4. The Morgan fingerprint density at radius 1 is 1.81 bits per heavy atom. The number of carbonyl (C=O) groups is 1. The van der Waals surface area contributed by atoms with Crippen molar-refractivity contribution in [3.63, 3.8) is 0 Å². The molecule has 1 saturated heterocycles. The largest absolute Gasteiger partial charge is 0.347 e.